The van der Waals surface area contributed by atoms with Crippen molar-refractivity contribution in [3.8, 4) is 11.5 Å². The van der Waals surface area contributed by atoms with E-state index in [-0.39, 0.29) is 37.3 Å². The zero-order valence-corrected chi connectivity index (χ0v) is 18.2. The normalized spacial score (nSPS) is 13.6. The molecule has 1 aromatic rings. The third kappa shape index (κ3) is 9.02. The summed E-state index contributed by atoms with van der Waals surface area (Å²) in [6, 6.07) is 5.85. The molecule has 27 heavy (non-hydrogen) atoms. The second-order valence-electron chi connectivity index (χ2n) is 6.70. The van der Waals surface area contributed by atoms with Gasteiger partial charge in [-0.1, -0.05) is 6.07 Å². The molecule has 1 fully saturated rings. The summed E-state index contributed by atoms with van der Waals surface area (Å²) in [5.41, 5.74) is 1.13. The lowest BCUT2D eigenvalue weighted by Crippen LogP contribution is -2.38. The molecule has 8 heteroatoms. The topological polar surface area (TPSA) is 54.0 Å². The zero-order valence-electron chi connectivity index (χ0n) is 16.5. The van der Waals surface area contributed by atoms with E-state index in [4.69, 9.17) is 9.47 Å². The Morgan fingerprint density at radius 1 is 1.15 bits per heavy atom. The van der Waals surface area contributed by atoms with E-state index < -0.39 is 0 Å². The van der Waals surface area contributed by atoms with Gasteiger partial charge >= 0.3 is 0 Å². The van der Waals surface area contributed by atoms with Gasteiger partial charge in [-0.3, -0.25) is 4.79 Å². The van der Waals surface area contributed by atoms with Crippen molar-refractivity contribution in [3.63, 3.8) is 0 Å². The number of carbonyl (C=O) groups excluding carboxylic acids is 1. The van der Waals surface area contributed by atoms with Crippen LogP contribution in [0.2, 0.25) is 0 Å². The predicted molar refractivity (Wildman–Crippen MR) is 114 cm³/mol. The van der Waals surface area contributed by atoms with Gasteiger partial charge in [0.1, 0.15) is 0 Å². The second-order valence-corrected chi connectivity index (χ2v) is 6.70. The molecule has 0 radical (unpaired) electrons. The fourth-order valence-corrected chi connectivity index (χ4v) is 2.85. The van der Waals surface area contributed by atoms with Gasteiger partial charge < -0.3 is 24.6 Å². The van der Waals surface area contributed by atoms with Gasteiger partial charge in [-0.2, -0.15) is 0 Å². The van der Waals surface area contributed by atoms with E-state index in [1.807, 2.05) is 23.1 Å². The first-order valence-corrected chi connectivity index (χ1v) is 9.03. The SMILES string of the molecule is COc1cc(CNCCN(C)C)ccc1OCC(=O)N1CCCCC1.Cl.Cl. The maximum atomic E-state index is 12.2. The van der Waals surface area contributed by atoms with E-state index in [0.717, 1.165) is 51.1 Å². The summed E-state index contributed by atoms with van der Waals surface area (Å²) >= 11 is 0. The first-order valence-electron chi connectivity index (χ1n) is 9.03. The Bertz CT molecular complexity index is 553. The van der Waals surface area contributed by atoms with Crippen LogP contribution >= 0.6 is 24.8 Å². The molecule has 1 aliphatic heterocycles. The highest BCUT2D eigenvalue weighted by molar-refractivity contribution is 5.85. The van der Waals surface area contributed by atoms with Gasteiger partial charge in [0.2, 0.25) is 0 Å². The van der Waals surface area contributed by atoms with Gasteiger partial charge in [0.25, 0.3) is 5.91 Å². The number of nitrogens with zero attached hydrogens (tertiary/aromatic N) is 2. The molecule has 0 aliphatic carbocycles. The Morgan fingerprint density at radius 2 is 1.85 bits per heavy atom. The van der Waals surface area contributed by atoms with Crippen molar-refractivity contribution in [2.75, 3.05) is 54.0 Å². The molecule has 1 N–H and O–H groups in total. The minimum absolute atomic E-state index is 0. The number of piperidine rings is 1. The minimum atomic E-state index is 0. The fraction of sp³-hybridized carbons (Fsp3) is 0.632. The molecule has 0 atom stereocenters. The van der Waals surface area contributed by atoms with Crippen molar-refractivity contribution < 1.29 is 14.3 Å². The summed E-state index contributed by atoms with van der Waals surface area (Å²) in [6.45, 7) is 4.45. The predicted octanol–water partition coefficient (Wildman–Crippen LogP) is 2.58. The Morgan fingerprint density at radius 3 is 2.48 bits per heavy atom. The second kappa shape index (κ2) is 13.9. The molecular formula is C19H33Cl2N3O3. The molecular weight excluding hydrogens is 389 g/mol. The third-order valence-corrected chi connectivity index (χ3v) is 4.35. The smallest absolute Gasteiger partial charge is 0.260 e. The van der Waals surface area contributed by atoms with E-state index in [0.29, 0.717) is 11.5 Å². The van der Waals surface area contributed by atoms with Gasteiger partial charge in [-0.15, -0.1) is 24.8 Å². The number of carbonyl (C=O) groups is 1. The number of methoxy groups -OCH3 is 1. The van der Waals surface area contributed by atoms with Gasteiger partial charge in [0.15, 0.2) is 18.1 Å². The number of nitrogens with one attached hydrogen (secondary N) is 1. The van der Waals surface area contributed by atoms with Crippen LogP contribution < -0.4 is 14.8 Å². The number of hydrogen-bond acceptors (Lipinski definition) is 5. The van der Waals surface area contributed by atoms with Crippen molar-refractivity contribution in [2.45, 2.75) is 25.8 Å². The lowest BCUT2D eigenvalue weighted by molar-refractivity contribution is -0.134. The number of rotatable bonds is 9. The molecule has 0 saturated carbocycles. The average Bonchev–Trinajstić information content (AvgIpc) is 2.64. The first-order chi connectivity index (χ1) is 12.1. The largest absolute Gasteiger partial charge is 0.493 e. The van der Waals surface area contributed by atoms with Crippen LogP contribution in [0.5, 0.6) is 11.5 Å². The van der Waals surface area contributed by atoms with Crippen LogP contribution in [0.1, 0.15) is 24.8 Å². The summed E-state index contributed by atoms with van der Waals surface area (Å²) in [5, 5.41) is 3.40. The highest BCUT2D eigenvalue weighted by atomic mass is 35.5. The Balaban J connectivity index is 0.00000338. The molecule has 6 nitrogen and oxygen atoms in total. The number of amides is 1. The molecule has 1 heterocycles. The van der Waals surface area contributed by atoms with Gasteiger partial charge in [0.05, 0.1) is 7.11 Å². The minimum Gasteiger partial charge on any atom is -0.493 e. The van der Waals surface area contributed by atoms with Crippen molar-refractivity contribution in [1.82, 2.24) is 15.1 Å². The van der Waals surface area contributed by atoms with Crippen LogP contribution in [-0.2, 0) is 11.3 Å². The molecule has 1 aromatic carbocycles. The standard InChI is InChI=1S/C19H31N3O3.2ClH/c1-21(2)12-9-20-14-16-7-8-17(18(13-16)24-3)25-15-19(23)22-10-5-4-6-11-22;;/h7-8,13,20H,4-6,9-12,14-15H2,1-3H3;2*1H. The fourth-order valence-electron chi connectivity index (χ4n) is 2.85. The monoisotopic (exact) mass is 421 g/mol. The maximum Gasteiger partial charge on any atom is 0.260 e. The number of hydrogen-bond donors (Lipinski definition) is 1. The van der Waals surface area contributed by atoms with Crippen molar-refractivity contribution in [1.29, 1.82) is 0 Å². The van der Waals surface area contributed by atoms with Gasteiger partial charge in [-0.25, -0.2) is 0 Å². The maximum absolute atomic E-state index is 12.2. The molecule has 0 bridgehead atoms. The molecule has 2 rings (SSSR count). The van der Waals surface area contributed by atoms with E-state index >= 15 is 0 Å². The first kappa shape index (κ1) is 25.8. The van der Waals surface area contributed by atoms with Crippen molar-refractivity contribution in [3.05, 3.63) is 23.8 Å². The molecule has 156 valence electrons. The van der Waals surface area contributed by atoms with Gasteiger partial charge in [0, 0.05) is 32.7 Å². The van der Waals surface area contributed by atoms with Crippen LogP contribution in [0.25, 0.3) is 0 Å². The zero-order chi connectivity index (χ0) is 18.1. The number of benzene rings is 1. The molecule has 0 aromatic heterocycles. The van der Waals surface area contributed by atoms with Gasteiger partial charge in [-0.05, 0) is 51.1 Å². The summed E-state index contributed by atoms with van der Waals surface area (Å²) in [4.78, 5) is 16.2. The van der Waals surface area contributed by atoms with Crippen molar-refractivity contribution in [2.24, 2.45) is 0 Å². The van der Waals surface area contributed by atoms with Crippen LogP contribution in [0.3, 0.4) is 0 Å². The lowest BCUT2D eigenvalue weighted by Gasteiger charge is -2.26. The molecule has 0 unspecified atom stereocenters. The summed E-state index contributed by atoms with van der Waals surface area (Å²) in [6.07, 6.45) is 3.39. The average molecular weight is 422 g/mol. The number of likely N-dealkylation sites (tertiary alicyclic amines) is 1. The number of ether oxygens (including phenoxy) is 2. The highest BCUT2D eigenvalue weighted by Crippen LogP contribution is 2.28. The van der Waals surface area contributed by atoms with Crippen LogP contribution in [0.15, 0.2) is 18.2 Å². The van der Waals surface area contributed by atoms with E-state index in [1.165, 1.54) is 6.42 Å². The Hall–Kier alpha value is -1.21. The molecule has 1 saturated heterocycles. The van der Waals surface area contributed by atoms with E-state index in [1.54, 1.807) is 7.11 Å². The van der Waals surface area contributed by atoms with Crippen LogP contribution in [0.4, 0.5) is 0 Å². The van der Waals surface area contributed by atoms with Crippen LogP contribution in [0, 0.1) is 0 Å². The summed E-state index contributed by atoms with van der Waals surface area (Å²) in [7, 11) is 5.74. The molecule has 1 amide bonds. The summed E-state index contributed by atoms with van der Waals surface area (Å²) < 4.78 is 11.1. The van der Waals surface area contributed by atoms with E-state index in [2.05, 4.69) is 24.3 Å². The van der Waals surface area contributed by atoms with E-state index in [9.17, 15) is 4.79 Å². The number of halogens is 2. The highest BCUT2D eigenvalue weighted by Gasteiger charge is 2.17. The number of likely N-dealkylation sites (N-methyl/N-ethyl adjacent to an activating group) is 1. The summed E-state index contributed by atoms with van der Waals surface area (Å²) in [5.74, 6) is 1.33. The molecule has 1 aliphatic rings. The Labute approximate surface area is 175 Å². The Kier molecular flexibility index (Phi) is 13.3. The van der Waals surface area contributed by atoms with Crippen LogP contribution in [-0.4, -0.2) is 69.7 Å². The third-order valence-electron chi connectivity index (χ3n) is 4.35. The quantitative estimate of drug-likeness (QED) is 0.620. The van der Waals surface area contributed by atoms with Crippen molar-refractivity contribution >= 4 is 30.7 Å². The molecule has 0 spiro atoms. The lowest BCUT2D eigenvalue weighted by atomic mass is 10.1.